The Balaban J connectivity index is 1.06. The summed E-state index contributed by atoms with van der Waals surface area (Å²) in [6, 6.07) is 86.5. The van der Waals surface area contributed by atoms with Crippen molar-refractivity contribution in [1.82, 2.24) is 0 Å². The maximum absolute atomic E-state index is 2.58. The number of benzene rings is 12. The minimum Gasteiger partial charge on any atom is -0.0622 e. The van der Waals surface area contributed by atoms with E-state index in [1.54, 1.807) is 0 Å². The molecule has 0 N–H and O–H groups in total. The zero-order valence-electron chi connectivity index (χ0n) is 34.4. The molecule has 0 fully saturated rings. The van der Waals surface area contributed by atoms with Crippen molar-refractivity contribution in [2.24, 2.45) is 0 Å². The van der Waals surface area contributed by atoms with Gasteiger partial charge in [0.1, 0.15) is 0 Å². The molecule has 0 heterocycles. The topological polar surface area (TPSA) is 0 Å². The van der Waals surface area contributed by atoms with Crippen molar-refractivity contribution in [2.75, 3.05) is 0 Å². The Bertz CT molecular complexity index is 3790. The quantitative estimate of drug-likeness (QED) is 0.123. The van der Waals surface area contributed by atoms with Crippen molar-refractivity contribution in [1.29, 1.82) is 0 Å². The number of hydrogen-bond acceptors (Lipinski definition) is 0. The number of hydrogen-bond donors (Lipinski definition) is 0. The fraction of sp³-hybridized carbons (Fsp3) is 0.0159. The van der Waals surface area contributed by atoms with Gasteiger partial charge in [0.2, 0.25) is 0 Å². The Hall–Kier alpha value is -8.06. The smallest absolute Gasteiger partial charge is 0.0622 e. The van der Waals surface area contributed by atoms with Gasteiger partial charge in [-0.05, 0) is 138 Å². The molecule has 0 amide bonds. The predicted octanol–water partition coefficient (Wildman–Crippen LogP) is 16.8. The van der Waals surface area contributed by atoms with Crippen LogP contribution in [0.25, 0.3) is 109 Å². The lowest BCUT2D eigenvalue weighted by atomic mass is 9.68. The van der Waals surface area contributed by atoms with E-state index in [4.69, 9.17) is 0 Å². The van der Waals surface area contributed by atoms with Gasteiger partial charge in [0.15, 0.2) is 0 Å². The summed E-state index contributed by atoms with van der Waals surface area (Å²) in [6.45, 7) is 0. The van der Waals surface area contributed by atoms with Gasteiger partial charge in [-0.3, -0.25) is 0 Å². The molecule has 2 aliphatic carbocycles. The summed E-state index contributed by atoms with van der Waals surface area (Å²) in [4.78, 5) is 0. The molecule has 0 saturated heterocycles. The second-order valence-electron chi connectivity index (χ2n) is 17.4. The van der Waals surface area contributed by atoms with E-state index in [9.17, 15) is 0 Å². The van der Waals surface area contributed by atoms with Crippen molar-refractivity contribution in [3.8, 4) is 55.6 Å². The van der Waals surface area contributed by atoms with Gasteiger partial charge in [0, 0.05) is 0 Å². The molecule has 0 saturated carbocycles. The lowest BCUT2D eigenvalue weighted by molar-refractivity contribution is 0.803. The van der Waals surface area contributed by atoms with Crippen molar-refractivity contribution in [2.45, 2.75) is 5.41 Å². The van der Waals surface area contributed by atoms with Crippen LogP contribution in [0.5, 0.6) is 0 Å². The lowest BCUT2D eigenvalue weighted by Gasteiger charge is -2.32. The molecule has 0 aliphatic heterocycles. The van der Waals surface area contributed by atoms with Crippen molar-refractivity contribution >= 4 is 53.9 Å². The molecule has 2 aliphatic rings. The van der Waals surface area contributed by atoms with E-state index < -0.39 is 5.41 Å². The van der Waals surface area contributed by atoms with E-state index in [-0.39, 0.29) is 0 Å². The molecule has 14 rings (SSSR count). The molecule has 0 atom stereocenters. The van der Waals surface area contributed by atoms with Crippen LogP contribution in [-0.2, 0) is 5.41 Å². The minimum absolute atomic E-state index is 0.515. The molecule has 0 nitrogen and oxygen atoms in total. The Morgan fingerprint density at radius 3 is 1.11 bits per heavy atom. The van der Waals surface area contributed by atoms with Gasteiger partial charge < -0.3 is 0 Å². The molecular weight excluding hydrogens is 757 g/mol. The molecule has 0 bridgehead atoms. The Morgan fingerprint density at radius 2 is 0.571 bits per heavy atom. The van der Waals surface area contributed by atoms with Gasteiger partial charge in [0.05, 0.1) is 5.41 Å². The van der Waals surface area contributed by atoms with Gasteiger partial charge in [-0.1, -0.05) is 224 Å². The van der Waals surface area contributed by atoms with Crippen LogP contribution in [0.4, 0.5) is 0 Å². The highest BCUT2D eigenvalue weighted by molar-refractivity contribution is 6.25. The maximum atomic E-state index is 2.58. The molecule has 1 spiro atoms. The van der Waals surface area contributed by atoms with Crippen LogP contribution in [0.3, 0.4) is 0 Å². The Morgan fingerprint density at radius 1 is 0.206 bits per heavy atom. The highest BCUT2D eigenvalue weighted by Crippen LogP contribution is 2.67. The first-order chi connectivity index (χ1) is 31.3. The summed E-state index contributed by atoms with van der Waals surface area (Å²) in [7, 11) is 0. The lowest BCUT2D eigenvalue weighted by Crippen LogP contribution is -2.26. The average molecular weight is 795 g/mol. The second kappa shape index (κ2) is 13.0. The van der Waals surface area contributed by atoms with Crippen LogP contribution < -0.4 is 0 Å². The Kier molecular flexibility index (Phi) is 7.13. The summed E-state index contributed by atoms with van der Waals surface area (Å²) >= 11 is 0. The molecule has 63 heavy (non-hydrogen) atoms. The fourth-order valence-electron chi connectivity index (χ4n) is 12.1. The molecule has 12 aromatic carbocycles. The zero-order valence-corrected chi connectivity index (χ0v) is 34.4. The van der Waals surface area contributed by atoms with Crippen LogP contribution in [0, 0.1) is 0 Å². The number of fused-ring (bicyclic) bond motifs is 19. The van der Waals surface area contributed by atoms with Gasteiger partial charge in [-0.25, -0.2) is 0 Å². The summed E-state index contributed by atoms with van der Waals surface area (Å²) in [5.74, 6) is 0. The van der Waals surface area contributed by atoms with E-state index in [1.807, 2.05) is 0 Å². The van der Waals surface area contributed by atoms with Crippen LogP contribution in [0.15, 0.2) is 231 Å². The highest BCUT2D eigenvalue weighted by Gasteiger charge is 2.53. The summed E-state index contributed by atoms with van der Waals surface area (Å²) in [6.07, 6.45) is 0. The van der Waals surface area contributed by atoms with Crippen LogP contribution >= 0.6 is 0 Å². The third-order valence-corrected chi connectivity index (χ3v) is 14.4. The van der Waals surface area contributed by atoms with Crippen LogP contribution in [0.1, 0.15) is 22.3 Å². The first-order valence-corrected chi connectivity index (χ1v) is 22.1. The van der Waals surface area contributed by atoms with Crippen molar-refractivity contribution in [3.05, 3.63) is 253 Å². The molecule has 0 radical (unpaired) electrons. The first-order valence-electron chi connectivity index (χ1n) is 22.1. The van der Waals surface area contributed by atoms with Gasteiger partial charge in [0.25, 0.3) is 0 Å². The first kappa shape index (κ1) is 34.6. The standard InChI is InChI=1S/C63H38/c1-2-18-40(19-3-1)58-49-27-9-11-29-51(49)59(52-30-12-10-28-50(52)58)41-36-34-39(35-37-41)54-38-57-60(47-25-7-5-22-44(47)54)61-48-26-8-4-20-42(48)43-21-6-13-31-53(43)62(61)63(57)55-32-16-14-23-45(55)46-24-15-17-33-56(46)63/h1-38H. The molecule has 290 valence electrons. The summed E-state index contributed by atoms with van der Waals surface area (Å²) in [5, 5.41) is 12.9. The number of rotatable bonds is 3. The predicted molar refractivity (Wildman–Crippen MR) is 267 cm³/mol. The maximum Gasteiger partial charge on any atom is 0.0732 e. The normalized spacial score (nSPS) is 13.2. The zero-order chi connectivity index (χ0) is 41.2. The van der Waals surface area contributed by atoms with Crippen LogP contribution in [-0.4, -0.2) is 0 Å². The van der Waals surface area contributed by atoms with Gasteiger partial charge >= 0.3 is 0 Å². The molecule has 0 heteroatoms. The second-order valence-corrected chi connectivity index (χ2v) is 17.4. The largest absolute Gasteiger partial charge is 0.0732 e. The molecule has 12 aromatic rings. The molecule has 0 aromatic heterocycles. The van der Waals surface area contributed by atoms with Crippen molar-refractivity contribution in [3.63, 3.8) is 0 Å². The SMILES string of the molecule is c1ccc(-c2c3ccccc3c(-c3ccc(-c4cc5c(c6ccccc46)-c4c(c6ccccc6c6ccccc46)C54c5ccccc5-c5ccccc54)cc3)c3ccccc23)cc1. The van der Waals surface area contributed by atoms with E-state index >= 15 is 0 Å². The van der Waals surface area contributed by atoms with E-state index in [0.717, 1.165) is 0 Å². The van der Waals surface area contributed by atoms with Crippen molar-refractivity contribution < 1.29 is 0 Å². The van der Waals surface area contributed by atoms with Gasteiger partial charge in [-0.15, -0.1) is 0 Å². The molecule has 0 unspecified atom stereocenters. The summed E-state index contributed by atoms with van der Waals surface area (Å²) < 4.78 is 0. The third-order valence-electron chi connectivity index (χ3n) is 14.4. The monoisotopic (exact) mass is 794 g/mol. The van der Waals surface area contributed by atoms with Crippen LogP contribution in [0.2, 0.25) is 0 Å². The average Bonchev–Trinajstić information content (AvgIpc) is 3.84. The van der Waals surface area contributed by atoms with E-state index in [0.29, 0.717) is 0 Å². The highest BCUT2D eigenvalue weighted by atomic mass is 14.5. The van der Waals surface area contributed by atoms with E-state index in [1.165, 1.54) is 132 Å². The third kappa shape index (κ3) is 4.54. The Labute approximate surface area is 366 Å². The van der Waals surface area contributed by atoms with Gasteiger partial charge in [-0.2, -0.15) is 0 Å². The van der Waals surface area contributed by atoms with E-state index in [2.05, 4.69) is 231 Å². The minimum atomic E-state index is -0.515. The summed E-state index contributed by atoms with van der Waals surface area (Å²) in [5.41, 5.74) is 17.8. The fourth-order valence-corrected chi connectivity index (χ4v) is 12.1. The molecular formula is C63H38.